The smallest absolute Gasteiger partial charge is 0.239 e. The van der Waals surface area contributed by atoms with E-state index in [1.54, 1.807) is 0 Å². The molecule has 2 fully saturated rings. The van der Waals surface area contributed by atoms with Crippen molar-refractivity contribution < 1.29 is 22.7 Å². The Balaban J connectivity index is 1.62. The van der Waals surface area contributed by atoms with E-state index >= 15 is 0 Å². The summed E-state index contributed by atoms with van der Waals surface area (Å²) < 4.78 is 36.9. The predicted octanol–water partition coefficient (Wildman–Crippen LogP) is -1.42. The molecular weight excluding hydrogens is 310 g/mol. The summed E-state index contributed by atoms with van der Waals surface area (Å²) in [6.45, 7) is 2.60. The second kappa shape index (κ2) is 8.78. The highest BCUT2D eigenvalue weighted by Crippen LogP contribution is 2.11. The highest BCUT2D eigenvalue weighted by Gasteiger charge is 2.22. The fourth-order valence-corrected chi connectivity index (χ4v) is 3.38. The molecule has 22 heavy (non-hydrogen) atoms. The van der Waals surface area contributed by atoms with Crippen molar-refractivity contribution in [2.45, 2.75) is 31.4 Å². The maximum Gasteiger partial charge on any atom is 0.239 e. The van der Waals surface area contributed by atoms with Crippen molar-refractivity contribution >= 4 is 15.9 Å². The Bertz CT molecular complexity index is 445. The van der Waals surface area contributed by atoms with Crippen LogP contribution in [0.4, 0.5) is 0 Å². The minimum absolute atomic E-state index is 0.0401. The first kappa shape index (κ1) is 17.6. The fraction of sp³-hybridized carbons (Fsp3) is 0.923. The fourth-order valence-electron chi connectivity index (χ4n) is 2.43. The van der Waals surface area contributed by atoms with Crippen molar-refractivity contribution in [2.24, 2.45) is 0 Å². The standard InChI is InChI=1S/C13H25N3O5S/c17-13(12-10-20-7-4-14-12)15-5-8-22(18,19)16-9-11-3-1-2-6-21-11/h11-12,14,16H,1-10H2,(H,15,17). The lowest BCUT2D eigenvalue weighted by atomic mass is 10.1. The van der Waals surface area contributed by atoms with E-state index in [4.69, 9.17) is 9.47 Å². The summed E-state index contributed by atoms with van der Waals surface area (Å²) in [5.41, 5.74) is 0. The molecule has 0 bridgehead atoms. The van der Waals surface area contributed by atoms with Crippen LogP contribution in [0.25, 0.3) is 0 Å². The van der Waals surface area contributed by atoms with E-state index in [-0.39, 0.29) is 24.3 Å². The van der Waals surface area contributed by atoms with Gasteiger partial charge in [0.1, 0.15) is 6.04 Å². The summed E-state index contributed by atoms with van der Waals surface area (Å²) in [6, 6.07) is -0.403. The summed E-state index contributed by atoms with van der Waals surface area (Å²) >= 11 is 0. The van der Waals surface area contributed by atoms with E-state index in [0.717, 1.165) is 19.3 Å². The zero-order chi connectivity index (χ0) is 15.8. The molecule has 0 saturated carbocycles. The summed E-state index contributed by atoms with van der Waals surface area (Å²) in [4.78, 5) is 11.8. The van der Waals surface area contributed by atoms with Crippen LogP contribution in [-0.2, 0) is 24.3 Å². The summed E-state index contributed by atoms with van der Waals surface area (Å²) in [5.74, 6) is -0.371. The van der Waals surface area contributed by atoms with Crippen molar-refractivity contribution in [1.82, 2.24) is 15.4 Å². The lowest BCUT2D eigenvalue weighted by Gasteiger charge is -2.23. The Morgan fingerprint density at radius 1 is 1.27 bits per heavy atom. The Hall–Kier alpha value is -0.740. The van der Waals surface area contributed by atoms with E-state index in [0.29, 0.717) is 32.9 Å². The maximum absolute atomic E-state index is 11.9. The molecule has 128 valence electrons. The predicted molar refractivity (Wildman–Crippen MR) is 81.0 cm³/mol. The van der Waals surface area contributed by atoms with Crippen molar-refractivity contribution in [1.29, 1.82) is 0 Å². The molecule has 2 aliphatic rings. The van der Waals surface area contributed by atoms with Gasteiger partial charge >= 0.3 is 0 Å². The van der Waals surface area contributed by atoms with Crippen LogP contribution in [0.1, 0.15) is 19.3 Å². The van der Waals surface area contributed by atoms with Gasteiger partial charge in [-0.3, -0.25) is 4.79 Å². The third-order valence-corrected chi connectivity index (χ3v) is 5.06. The molecule has 9 heteroatoms. The molecule has 2 rings (SSSR count). The maximum atomic E-state index is 11.9. The van der Waals surface area contributed by atoms with E-state index < -0.39 is 16.1 Å². The molecule has 0 aromatic carbocycles. The van der Waals surface area contributed by atoms with Crippen molar-refractivity contribution in [3.05, 3.63) is 0 Å². The zero-order valence-electron chi connectivity index (χ0n) is 12.7. The number of rotatable bonds is 7. The van der Waals surface area contributed by atoms with Crippen LogP contribution in [0.5, 0.6) is 0 Å². The van der Waals surface area contributed by atoms with Gasteiger partial charge in [0.05, 0.1) is 25.1 Å². The monoisotopic (exact) mass is 335 g/mol. The highest BCUT2D eigenvalue weighted by atomic mass is 32.2. The number of sulfonamides is 1. The van der Waals surface area contributed by atoms with E-state index in [2.05, 4.69) is 15.4 Å². The minimum atomic E-state index is -3.40. The molecule has 0 aliphatic carbocycles. The van der Waals surface area contributed by atoms with Gasteiger partial charge in [-0.05, 0) is 19.3 Å². The van der Waals surface area contributed by atoms with E-state index in [1.165, 1.54) is 0 Å². The van der Waals surface area contributed by atoms with Crippen LogP contribution in [0, 0.1) is 0 Å². The molecule has 0 spiro atoms. The quantitative estimate of drug-likeness (QED) is 0.527. The largest absolute Gasteiger partial charge is 0.378 e. The van der Waals surface area contributed by atoms with Gasteiger partial charge in [-0.1, -0.05) is 0 Å². The van der Waals surface area contributed by atoms with E-state index in [1.807, 2.05) is 0 Å². The Labute approximate surface area is 131 Å². The number of nitrogens with one attached hydrogen (secondary N) is 3. The highest BCUT2D eigenvalue weighted by molar-refractivity contribution is 7.89. The summed E-state index contributed by atoms with van der Waals surface area (Å²) in [5, 5.41) is 5.63. The van der Waals surface area contributed by atoms with E-state index in [9.17, 15) is 13.2 Å². The molecule has 0 radical (unpaired) electrons. The Morgan fingerprint density at radius 2 is 2.14 bits per heavy atom. The van der Waals surface area contributed by atoms with Gasteiger partial charge in [-0.25, -0.2) is 13.1 Å². The van der Waals surface area contributed by atoms with Crippen LogP contribution in [0.15, 0.2) is 0 Å². The van der Waals surface area contributed by atoms with Crippen LogP contribution >= 0.6 is 0 Å². The third kappa shape index (κ3) is 6.17. The molecule has 1 amide bonds. The first-order valence-electron chi connectivity index (χ1n) is 7.74. The van der Waals surface area contributed by atoms with Crippen LogP contribution in [-0.4, -0.2) is 71.7 Å². The van der Waals surface area contributed by atoms with Crippen LogP contribution in [0.3, 0.4) is 0 Å². The van der Waals surface area contributed by atoms with Gasteiger partial charge < -0.3 is 20.1 Å². The van der Waals surface area contributed by atoms with Crippen molar-refractivity contribution in [3.63, 3.8) is 0 Å². The topological polar surface area (TPSA) is 106 Å². The average molecular weight is 335 g/mol. The van der Waals surface area contributed by atoms with Gasteiger partial charge in [-0.2, -0.15) is 0 Å². The normalized spacial score (nSPS) is 26.5. The van der Waals surface area contributed by atoms with Gasteiger partial charge in [0.15, 0.2) is 0 Å². The lowest BCUT2D eigenvalue weighted by molar-refractivity contribution is -0.125. The molecule has 0 aromatic heterocycles. The average Bonchev–Trinajstić information content (AvgIpc) is 2.55. The number of hydrogen-bond acceptors (Lipinski definition) is 6. The Morgan fingerprint density at radius 3 is 2.82 bits per heavy atom. The van der Waals surface area contributed by atoms with Gasteiger partial charge in [-0.15, -0.1) is 0 Å². The lowest BCUT2D eigenvalue weighted by Crippen LogP contribution is -2.52. The Kier molecular flexibility index (Phi) is 7.03. The summed E-state index contributed by atoms with van der Waals surface area (Å²) in [6.07, 6.45) is 2.95. The minimum Gasteiger partial charge on any atom is -0.378 e. The molecule has 2 aliphatic heterocycles. The molecular formula is C13H25N3O5S. The first-order chi connectivity index (χ1) is 10.6. The van der Waals surface area contributed by atoms with Gasteiger partial charge in [0.2, 0.25) is 15.9 Å². The molecule has 8 nitrogen and oxygen atoms in total. The molecule has 2 heterocycles. The zero-order valence-corrected chi connectivity index (χ0v) is 13.5. The number of hydrogen-bond donors (Lipinski definition) is 3. The number of amides is 1. The van der Waals surface area contributed by atoms with Gasteiger partial charge in [0, 0.05) is 26.2 Å². The number of ether oxygens (including phenoxy) is 2. The van der Waals surface area contributed by atoms with Gasteiger partial charge in [0.25, 0.3) is 0 Å². The van der Waals surface area contributed by atoms with Crippen LogP contribution < -0.4 is 15.4 Å². The van der Waals surface area contributed by atoms with Crippen molar-refractivity contribution in [3.8, 4) is 0 Å². The SMILES string of the molecule is O=C(NCCS(=O)(=O)NCC1CCCCO1)C1COCCN1. The van der Waals surface area contributed by atoms with Crippen molar-refractivity contribution in [2.75, 3.05) is 45.2 Å². The first-order valence-corrected chi connectivity index (χ1v) is 9.40. The summed E-state index contributed by atoms with van der Waals surface area (Å²) in [7, 11) is -3.40. The molecule has 3 N–H and O–H groups in total. The van der Waals surface area contributed by atoms with Crippen LogP contribution in [0.2, 0.25) is 0 Å². The molecule has 2 saturated heterocycles. The third-order valence-electron chi connectivity index (χ3n) is 3.71. The molecule has 2 unspecified atom stereocenters. The number of carbonyl (C=O) groups excluding carboxylic acids is 1. The second-order valence-corrected chi connectivity index (χ2v) is 7.45. The molecule has 2 atom stereocenters. The number of morpholine rings is 1. The number of carbonyl (C=O) groups is 1. The molecule has 0 aromatic rings. The second-order valence-electron chi connectivity index (χ2n) is 5.53.